The van der Waals surface area contributed by atoms with Crippen molar-refractivity contribution in [3.05, 3.63) is 47.0 Å². The van der Waals surface area contributed by atoms with E-state index in [1.807, 2.05) is 32.4 Å². The topological polar surface area (TPSA) is 61.6 Å². The molecule has 1 N–H and O–H groups in total. The third-order valence-electron chi connectivity index (χ3n) is 5.65. The first-order valence-electron chi connectivity index (χ1n) is 10.5. The lowest BCUT2D eigenvalue weighted by atomic mass is 10.0. The molecule has 164 valence electrons. The molecular formula is C21H31F2N7. The Morgan fingerprint density at radius 3 is 2.47 bits per heavy atom. The van der Waals surface area contributed by atoms with Crippen molar-refractivity contribution in [2.24, 2.45) is 12.0 Å². The van der Waals surface area contributed by atoms with Crippen LogP contribution >= 0.6 is 0 Å². The van der Waals surface area contributed by atoms with E-state index in [2.05, 4.69) is 25.3 Å². The summed E-state index contributed by atoms with van der Waals surface area (Å²) < 4.78 is 29.6. The number of aromatic nitrogens is 3. The van der Waals surface area contributed by atoms with Crippen LogP contribution in [0.25, 0.3) is 0 Å². The largest absolute Gasteiger partial charge is 0.357 e. The van der Waals surface area contributed by atoms with Crippen molar-refractivity contribution in [2.75, 3.05) is 32.7 Å². The highest BCUT2D eigenvalue weighted by molar-refractivity contribution is 5.80. The Morgan fingerprint density at radius 1 is 1.17 bits per heavy atom. The van der Waals surface area contributed by atoms with Crippen LogP contribution in [0.4, 0.5) is 8.78 Å². The van der Waals surface area contributed by atoms with Gasteiger partial charge in [0.25, 0.3) is 0 Å². The molecule has 3 rings (SSSR count). The van der Waals surface area contributed by atoms with Crippen LogP contribution in [0.15, 0.2) is 23.2 Å². The summed E-state index contributed by atoms with van der Waals surface area (Å²) in [5.74, 6) is 1.51. The number of rotatable bonds is 6. The van der Waals surface area contributed by atoms with E-state index < -0.39 is 11.6 Å². The Balaban J connectivity index is 1.67. The molecule has 1 unspecified atom stereocenters. The zero-order valence-electron chi connectivity index (χ0n) is 18.2. The molecule has 7 nitrogen and oxygen atoms in total. The first kappa shape index (κ1) is 22.1. The van der Waals surface area contributed by atoms with Crippen molar-refractivity contribution >= 4 is 5.96 Å². The number of hydrogen-bond acceptors (Lipinski definition) is 4. The molecular weight excluding hydrogens is 388 g/mol. The molecule has 1 aliphatic heterocycles. The minimum absolute atomic E-state index is 0.0612. The Morgan fingerprint density at radius 2 is 1.90 bits per heavy atom. The molecule has 30 heavy (non-hydrogen) atoms. The molecule has 9 heteroatoms. The molecule has 1 aromatic heterocycles. The predicted molar refractivity (Wildman–Crippen MR) is 113 cm³/mol. The van der Waals surface area contributed by atoms with Crippen LogP contribution in [0.2, 0.25) is 0 Å². The monoisotopic (exact) mass is 419 g/mol. The number of nitrogens with zero attached hydrogens (tertiary/aromatic N) is 6. The highest BCUT2D eigenvalue weighted by Crippen LogP contribution is 2.28. The Labute approximate surface area is 176 Å². The molecule has 2 aromatic rings. The van der Waals surface area contributed by atoms with E-state index in [1.165, 1.54) is 6.07 Å². The summed E-state index contributed by atoms with van der Waals surface area (Å²) in [6, 6.07) is 3.81. The van der Waals surface area contributed by atoms with Crippen LogP contribution in [-0.2, 0) is 13.6 Å². The smallest absolute Gasteiger partial charge is 0.194 e. The summed E-state index contributed by atoms with van der Waals surface area (Å²) >= 11 is 0. The summed E-state index contributed by atoms with van der Waals surface area (Å²) in [4.78, 5) is 9.23. The third kappa shape index (κ3) is 4.95. The van der Waals surface area contributed by atoms with E-state index >= 15 is 0 Å². The molecule has 2 heterocycles. The van der Waals surface area contributed by atoms with Gasteiger partial charge in [-0.25, -0.2) is 13.8 Å². The highest BCUT2D eigenvalue weighted by atomic mass is 19.1. The number of aryl methyl sites for hydroxylation is 1. The van der Waals surface area contributed by atoms with Crippen molar-refractivity contribution in [3.63, 3.8) is 0 Å². The summed E-state index contributed by atoms with van der Waals surface area (Å²) in [5, 5.41) is 11.6. The number of hydrogen-bond donors (Lipinski definition) is 1. The van der Waals surface area contributed by atoms with Gasteiger partial charge in [0.15, 0.2) is 11.8 Å². The number of benzene rings is 1. The second kappa shape index (κ2) is 9.97. The lowest BCUT2D eigenvalue weighted by molar-refractivity contribution is 0.124. The van der Waals surface area contributed by atoms with Gasteiger partial charge in [0.05, 0.1) is 0 Å². The zero-order valence-corrected chi connectivity index (χ0v) is 18.2. The molecule has 1 saturated heterocycles. The fourth-order valence-electron chi connectivity index (χ4n) is 3.85. The molecule has 0 radical (unpaired) electrons. The van der Waals surface area contributed by atoms with E-state index in [9.17, 15) is 8.78 Å². The van der Waals surface area contributed by atoms with Crippen molar-refractivity contribution in [1.29, 1.82) is 0 Å². The summed E-state index contributed by atoms with van der Waals surface area (Å²) in [6.07, 6.45) is 0.766. The predicted octanol–water partition coefficient (Wildman–Crippen LogP) is 2.64. The van der Waals surface area contributed by atoms with Crippen LogP contribution in [0.1, 0.15) is 43.5 Å². The molecule has 1 aliphatic rings. The van der Waals surface area contributed by atoms with Crippen LogP contribution in [-0.4, -0.2) is 63.2 Å². The number of piperazine rings is 1. The van der Waals surface area contributed by atoms with Gasteiger partial charge in [0.1, 0.15) is 24.0 Å². The minimum Gasteiger partial charge on any atom is -0.357 e. The maximum atomic E-state index is 14.3. The van der Waals surface area contributed by atoms with E-state index in [-0.39, 0.29) is 6.04 Å². The third-order valence-corrected chi connectivity index (χ3v) is 5.65. The molecule has 0 aliphatic carbocycles. The van der Waals surface area contributed by atoms with E-state index in [0.29, 0.717) is 12.1 Å². The second-order valence-corrected chi connectivity index (χ2v) is 7.51. The molecule has 0 saturated carbocycles. The van der Waals surface area contributed by atoms with Crippen LogP contribution in [0.3, 0.4) is 0 Å². The molecule has 0 spiro atoms. The van der Waals surface area contributed by atoms with E-state index in [4.69, 9.17) is 4.99 Å². The van der Waals surface area contributed by atoms with Gasteiger partial charge in [0.2, 0.25) is 0 Å². The Bertz CT molecular complexity index is 872. The summed E-state index contributed by atoms with van der Waals surface area (Å²) in [5.41, 5.74) is 0.561. The van der Waals surface area contributed by atoms with Crippen molar-refractivity contribution in [3.8, 4) is 0 Å². The van der Waals surface area contributed by atoms with Gasteiger partial charge in [-0.3, -0.25) is 4.90 Å². The van der Waals surface area contributed by atoms with Crippen molar-refractivity contribution in [2.45, 2.75) is 39.8 Å². The second-order valence-electron chi connectivity index (χ2n) is 7.51. The van der Waals surface area contributed by atoms with Crippen LogP contribution in [0, 0.1) is 18.6 Å². The first-order chi connectivity index (χ1) is 14.4. The lowest BCUT2D eigenvalue weighted by Gasteiger charge is -2.40. The number of guanidine groups is 1. The number of nitrogens with one attached hydrogen (secondary N) is 1. The van der Waals surface area contributed by atoms with Gasteiger partial charge in [-0.05, 0) is 26.3 Å². The van der Waals surface area contributed by atoms with Crippen molar-refractivity contribution in [1.82, 2.24) is 29.9 Å². The molecule has 1 atom stereocenters. The molecule has 0 bridgehead atoms. The van der Waals surface area contributed by atoms with Crippen LogP contribution < -0.4 is 5.32 Å². The molecule has 0 amide bonds. The van der Waals surface area contributed by atoms with Crippen molar-refractivity contribution < 1.29 is 8.78 Å². The van der Waals surface area contributed by atoms with E-state index in [0.717, 1.165) is 62.8 Å². The van der Waals surface area contributed by atoms with E-state index in [1.54, 1.807) is 6.07 Å². The fraction of sp³-hybridized carbons (Fsp3) is 0.571. The average Bonchev–Trinajstić information content (AvgIpc) is 3.06. The fourth-order valence-corrected chi connectivity index (χ4v) is 3.85. The standard InChI is InChI=1S/C21H31F2N7/c1-5-19(17-8-7-16(22)13-18(17)23)29-9-11-30(12-10-29)21(24-6-2)25-14-20-27-26-15(3)28(20)4/h7-8,13,19H,5-6,9-12,14H2,1-4H3,(H,24,25). The van der Waals surface area contributed by atoms with Gasteiger partial charge in [-0.1, -0.05) is 13.0 Å². The maximum Gasteiger partial charge on any atom is 0.194 e. The van der Waals surface area contributed by atoms with Gasteiger partial charge < -0.3 is 14.8 Å². The highest BCUT2D eigenvalue weighted by Gasteiger charge is 2.27. The minimum atomic E-state index is -0.541. The van der Waals surface area contributed by atoms with Crippen LogP contribution in [0.5, 0.6) is 0 Å². The lowest BCUT2D eigenvalue weighted by Crippen LogP contribution is -2.53. The molecule has 1 fully saturated rings. The number of halogens is 2. The van der Waals surface area contributed by atoms with Gasteiger partial charge in [-0.2, -0.15) is 0 Å². The summed E-state index contributed by atoms with van der Waals surface area (Å²) in [7, 11) is 1.94. The Hall–Kier alpha value is -2.55. The van der Waals surface area contributed by atoms with Gasteiger partial charge >= 0.3 is 0 Å². The average molecular weight is 420 g/mol. The summed E-state index contributed by atoms with van der Waals surface area (Å²) in [6.45, 7) is 10.3. The SMILES string of the molecule is CCNC(=NCc1nnc(C)n1C)N1CCN(C(CC)c2ccc(F)cc2F)CC1. The quantitative estimate of drug-likeness (QED) is 0.576. The first-order valence-corrected chi connectivity index (χ1v) is 10.5. The normalized spacial score (nSPS) is 16.7. The molecule has 1 aromatic carbocycles. The van der Waals surface area contributed by atoms with Gasteiger partial charge in [-0.15, -0.1) is 10.2 Å². The van der Waals surface area contributed by atoms with Gasteiger partial charge in [0, 0.05) is 57.4 Å². The maximum absolute atomic E-state index is 14.3. The Kier molecular flexibility index (Phi) is 7.36. The zero-order chi connectivity index (χ0) is 21.7. The number of aliphatic imine (C=N–C) groups is 1.